The molecular formula is C22H29N3OS. The summed E-state index contributed by atoms with van der Waals surface area (Å²) >= 11 is 1.63. The average molecular weight is 384 g/mol. The highest BCUT2D eigenvalue weighted by molar-refractivity contribution is 7.16. The number of hydrogen-bond acceptors (Lipinski definition) is 5. The lowest BCUT2D eigenvalue weighted by Gasteiger charge is -2.12. The van der Waals surface area contributed by atoms with Crippen molar-refractivity contribution >= 4 is 27.4 Å². The molecule has 1 aromatic carbocycles. The highest BCUT2D eigenvalue weighted by Crippen LogP contribution is 2.24. The highest BCUT2D eigenvalue weighted by atomic mass is 32.1. The van der Waals surface area contributed by atoms with Crippen LogP contribution in [-0.2, 0) is 6.42 Å². The first-order valence-electron chi connectivity index (χ1n) is 9.92. The van der Waals surface area contributed by atoms with Gasteiger partial charge in [0.05, 0.1) is 11.9 Å². The summed E-state index contributed by atoms with van der Waals surface area (Å²) in [5.41, 5.74) is 2.62. The first kappa shape index (κ1) is 19.6. The standard InChI is InChI=1S/C22H29N3OS/c1-3-4-5-6-7-8-18-9-10-20(17(2)15-18)26-13-12-23-21-19-11-14-27-22(19)25-16-24-21/h9-11,14-16H,3-8,12-13H2,1-2H3,(H,23,24,25). The second kappa shape index (κ2) is 10.3. The lowest BCUT2D eigenvalue weighted by molar-refractivity contribution is 0.330. The van der Waals surface area contributed by atoms with E-state index in [2.05, 4.69) is 47.3 Å². The molecule has 0 aliphatic rings. The fourth-order valence-electron chi connectivity index (χ4n) is 3.22. The van der Waals surface area contributed by atoms with Crippen molar-refractivity contribution in [1.29, 1.82) is 0 Å². The molecule has 2 aromatic heterocycles. The van der Waals surface area contributed by atoms with Crippen molar-refractivity contribution in [2.45, 2.75) is 52.4 Å². The van der Waals surface area contributed by atoms with E-state index in [-0.39, 0.29) is 0 Å². The third-order valence-electron chi connectivity index (χ3n) is 4.72. The third-order valence-corrected chi connectivity index (χ3v) is 5.54. The van der Waals surface area contributed by atoms with Gasteiger partial charge in [-0.15, -0.1) is 11.3 Å². The van der Waals surface area contributed by atoms with Crippen LogP contribution in [0.5, 0.6) is 5.75 Å². The molecule has 3 aromatic rings. The van der Waals surface area contributed by atoms with Gasteiger partial charge in [-0.3, -0.25) is 0 Å². The summed E-state index contributed by atoms with van der Waals surface area (Å²) in [4.78, 5) is 9.61. The molecule has 144 valence electrons. The number of nitrogens with zero attached hydrogens (tertiary/aromatic N) is 2. The predicted octanol–water partition coefficient (Wildman–Crippen LogP) is 6.00. The van der Waals surface area contributed by atoms with Crippen LogP contribution in [0.25, 0.3) is 10.2 Å². The van der Waals surface area contributed by atoms with Crippen molar-refractivity contribution in [3.8, 4) is 5.75 Å². The van der Waals surface area contributed by atoms with Gasteiger partial charge >= 0.3 is 0 Å². The van der Waals surface area contributed by atoms with Crippen molar-refractivity contribution in [1.82, 2.24) is 9.97 Å². The van der Waals surface area contributed by atoms with Gasteiger partial charge in [0.25, 0.3) is 0 Å². The number of unbranched alkanes of at least 4 members (excludes halogenated alkanes) is 4. The molecule has 2 heterocycles. The van der Waals surface area contributed by atoms with E-state index in [1.807, 2.05) is 11.4 Å². The summed E-state index contributed by atoms with van der Waals surface area (Å²) < 4.78 is 5.96. The number of hydrogen-bond donors (Lipinski definition) is 1. The number of fused-ring (bicyclic) bond motifs is 1. The zero-order valence-electron chi connectivity index (χ0n) is 16.3. The van der Waals surface area contributed by atoms with Gasteiger partial charge in [0.15, 0.2) is 0 Å². The largest absolute Gasteiger partial charge is 0.491 e. The Morgan fingerprint density at radius 3 is 2.81 bits per heavy atom. The van der Waals surface area contributed by atoms with Gasteiger partial charge in [-0.2, -0.15) is 0 Å². The van der Waals surface area contributed by atoms with Crippen LogP contribution in [0.1, 0.15) is 50.2 Å². The van der Waals surface area contributed by atoms with Gasteiger partial charge in [-0.25, -0.2) is 9.97 Å². The number of nitrogens with one attached hydrogen (secondary N) is 1. The van der Waals surface area contributed by atoms with Gasteiger partial charge in [0, 0.05) is 0 Å². The molecule has 3 rings (SSSR count). The summed E-state index contributed by atoms with van der Waals surface area (Å²) in [6, 6.07) is 8.63. The SMILES string of the molecule is CCCCCCCc1ccc(OCCNc2ncnc3sccc23)c(C)c1. The molecule has 1 N–H and O–H groups in total. The highest BCUT2D eigenvalue weighted by Gasteiger charge is 2.05. The van der Waals surface area contributed by atoms with E-state index < -0.39 is 0 Å². The Hall–Kier alpha value is -2.14. The molecule has 0 amide bonds. The molecule has 0 aliphatic carbocycles. The average Bonchev–Trinajstić information content (AvgIpc) is 3.16. The summed E-state index contributed by atoms with van der Waals surface area (Å²) in [7, 11) is 0. The Labute approximate surface area is 166 Å². The summed E-state index contributed by atoms with van der Waals surface area (Å²) in [5, 5.41) is 6.46. The molecule has 27 heavy (non-hydrogen) atoms. The minimum absolute atomic E-state index is 0.604. The van der Waals surface area contributed by atoms with E-state index in [1.54, 1.807) is 17.7 Å². The van der Waals surface area contributed by atoms with Crippen molar-refractivity contribution in [3.05, 3.63) is 47.1 Å². The summed E-state index contributed by atoms with van der Waals surface area (Å²) in [5.74, 6) is 1.84. The summed E-state index contributed by atoms with van der Waals surface area (Å²) in [6.07, 6.45) is 9.39. The van der Waals surface area contributed by atoms with Crippen LogP contribution >= 0.6 is 11.3 Å². The van der Waals surface area contributed by atoms with Crippen LogP contribution in [0, 0.1) is 6.92 Å². The van der Waals surface area contributed by atoms with Crippen molar-refractivity contribution in [2.75, 3.05) is 18.5 Å². The predicted molar refractivity (Wildman–Crippen MR) is 115 cm³/mol. The van der Waals surface area contributed by atoms with Crippen molar-refractivity contribution < 1.29 is 4.74 Å². The van der Waals surface area contributed by atoms with Crippen molar-refractivity contribution in [3.63, 3.8) is 0 Å². The van der Waals surface area contributed by atoms with Gasteiger partial charge < -0.3 is 10.1 Å². The molecule has 5 heteroatoms. The monoisotopic (exact) mass is 383 g/mol. The maximum absolute atomic E-state index is 5.96. The Morgan fingerprint density at radius 1 is 1.07 bits per heavy atom. The second-order valence-electron chi connectivity index (χ2n) is 6.90. The number of benzene rings is 1. The number of ether oxygens (including phenoxy) is 1. The van der Waals surface area contributed by atoms with Crippen molar-refractivity contribution in [2.24, 2.45) is 0 Å². The van der Waals surface area contributed by atoms with E-state index in [1.165, 1.54) is 43.2 Å². The smallest absolute Gasteiger partial charge is 0.138 e. The molecule has 0 radical (unpaired) electrons. The molecular weight excluding hydrogens is 354 g/mol. The van der Waals surface area contributed by atoms with E-state index in [0.717, 1.165) is 28.2 Å². The second-order valence-corrected chi connectivity index (χ2v) is 7.80. The quantitative estimate of drug-likeness (QED) is 0.412. The van der Waals surface area contributed by atoms with Crippen LogP contribution in [0.2, 0.25) is 0 Å². The molecule has 0 fully saturated rings. The van der Waals surface area contributed by atoms with Crippen LogP contribution in [0.3, 0.4) is 0 Å². The molecule has 0 unspecified atom stereocenters. The van der Waals surface area contributed by atoms with E-state index in [9.17, 15) is 0 Å². The van der Waals surface area contributed by atoms with Gasteiger partial charge in [0.2, 0.25) is 0 Å². The minimum atomic E-state index is 0.604. The van der Waals surface area contributed by atoms with Crippen LogP contribution < -0.4 is 10.1 Å². The first-order chi connectivity index (χ1) is 13.3. The lowest BCUT2D eigenvalue weighted by atomic mass is 10.0. The van der Waals surface area contributed by atoms with Gasteiger partial charge in [-0.1, -0.05) is 44.7 Å². The third kappa shape index (κ3) is 5.67. The Bertz CT molecular complexity index is 846. The molecule has 0 atom stereocenters. The first-order valence-corrected chi connectivity index (χ1v) is 10.8. The molecule has 0 bridgehead atoms. The molecule has 4 nitrogen and oxygen atoms in total. The Balaban J connectivity index is 1.43. The number of rotatable bonds is 11. The van der Waals surface area contributed by atoms with E-state index in [0.29, 0.717) is 13.2 Å². The van der Waals surface area contributed by atoms with Gasteiger partial charge in [-0.05, 0) is 48.4 Å². The summed E-state index contributed by atoms with van der Waals surface area (Å²) in [6.45, 7) is 5.70. The molecule has 0 spiro atoms. The van der Waals surface area contributed by atoms with Gasteiger partial charge in [0.1, 0.15) is 29.3 Å². The fourth-order valence-corrected chi connectivity index (χ4v) is 3.96. The van der Waals surface area contributed by atoms with E-state index in [4.69, 9.17) is 4.74 Å². The Morgan fingerprint density at radius 2 is 1.96 bits per heavy atom. The normalized spacial score (nSPS) is 11.0. The maximum Gasteiger partial charge on any atom is 0.138 e. The molecule has 0 saturated heterocycles. The number of anilines is 1. The van der Waals surface area contributed by atoms with E-state index >= 15 is 0 Å². The molecule has 0 saturated carbocycles. The zero-order valence-corrected chi connectivity index (χ0v) is 17.1. The fraction of sp³-hybridized carbons (Fsp3) is 0.455. The number of thiophene rings is 1. The van der Waals surface area contributed by atoms with Crippen LogP contribution in [-0.4, -0.2) is 23.1 Å². The van der Waals surface area contributed by atoms with Crippen LogP contribution in [0.15, 0.2) is 36.0 Å². The lowest BCUT2D eigenvalue weighted by Crippen LogP contribution is -2.13. The minimum Gasteiger partial charge on any atom is -0.491 e. The van der Waals surface area contributed by atoms with Crippen LogP contribution in [0.4, 0.5) is 5.82 Å². The maximum atomic E-state index is 5.96. The Kier molecular flexibility index (Phi) is 7.45. The number of aryl methyl sites for hydroxylation is 2. The topological polar surface area (TPSA) is 47.0 Å². The number of aromatic nitrogens is 2. The molecule has 0 aliphatic heterocycles. The zero-order chi connectivity index (χ0) is 18.9.